The van der Waals surface area contributed by atoms with Gasteiger partial charge in [0.15, 0.2) is 16.6 Å². The molecule has 7 heteroatoms. The molecule has 1 fully saturated rings. The highest BCUT2D eigenvalue weighted by molar-refractivity contribution is 6.80. The molecule has 0 radical (unpaired) electrons. The zero-order valence-electron chi connectivity index (χ0n) is 18.4. The Hall–Kier alpha value is -0.666. The van der Waals surface area contributed by atoms with E-state index in [4.69, 9.17) is 4.43 Å². The van der Waals surface area contributed by atoms with Crippen molar-refractivity contribution in [3.8, 4) is 0 Å². The fraction of sp³-hybridized carbons (Fsp3) is 0.895. The van der Waals surface area contributed by atoms with Crippen molar-refractivity contribution in [2.24, 2.45) is 5.92 Å². The van der Waals surface area contributed by atoms with Crippen LogP contribution in [0, 0.1) is 5.92 Å². The van der Waals surface area contributed by atoms with E-state index >= 15 is 0 Å². The highest BCUT2D eigenvalue weighted by Crippen LogP contribution is 2.46. The van der Waals surface area contributed by atoms with Gasteiger partial charge in [0.1, 0.15) is 0 Å². The number of nitrogens with zero attached hydrogens (tertiary/aromatic N) is 1. The molecule has 1 heterocycles. The van der Waals surface area contributed by atoms with Crippen molar-refractivity contribution in [1.82, 2.24) is 4.57 Å². The third kappa shape index (κ3) is 4.59. The first kappa shape index (κ1) is 23.4. The molecule has 0 saturated carbocycles. The summed E-state index contributed by atoms with van der Waals surface area (Å²) in [6, 6.07) is -0.191. The lowest BCUT2D eigenvalue weighted by molar-refractivity contribution is -0.153. The Bertz CT molecular complexity index is 547. The van der Waals surface area contributed by atoms with E-state index < -0.39 is 22.5 Å². The number of carbonyl (C=O) groups excluding carboxylic acids is 1. The number of carboxylic acids is 1. The number of aliphatic carboxylic acids is 1. The van der Waals surface area contributed by atoms with Gasteiger partial charge < -0.3 is 14.1 Å². The first-order valence-corrected chi connectivity index (χ1v) is 15.5. The molecule has 0 spiro atoms. The van der Waals surface area contributed by atoms with Crippen molar-refractivity contribution >= 4 is 28.4 Å². The summed E-state index contributed by atoms with van der Waals surface area (Å²) in [4.78, 5) is 24.3. The van der Waals surface area contributed by atoms with Crippen molar-refractivity contribution in [3.05, 3.63) is 0 Å². The van der Waals surface area contributed by atoms with Crippen LogP contribution in [0.2, 0.25) is 36.3 Å². The predicted molar refractivity (Wildman–Crippen MR) is 111 cm³/mol. The zero-order chi connectivity index (χ0) is 20.7. The van der Waals surface area contributed by atoms with Crippen LogP contribution in [0.1, 0.15) is 54.4 Å². The van der Waals surface area contributed by atoms with Gasteiger partial charge in [-0.15, -0.1) is 0 Å². The van der Waals surface area contributed by atoms with Gasteiger partial charge in [-0.2, -0.15) is 0 Å². The quantitative estimate of drug-likeness (QED) is 0.496. The maximum absolute atomic E-state index is 12.9. The molecular formula is C19H39NO4Si2. The second-order valence-corrected chi connectivity index (χ2v) is 20.6. The van der Waals surface area contributed by atoms with Crippen LogP contribution in [-0.4, -0.2) is 50.8 Å². The minimum absolute atomic E-state index is 0.00201. The molecule has 1 aliphatic rings. The Morgan fingerprint density at radius 2 is 1.58 bits per heavy atom. The van der Waals surface area contributed by atoms with E-state index in [9.17, 15) is 14.7 Å². The number of carboxylic acid groups (broad SMARTS) is 1. The Morgan fingerprint density at radius 1 is 1.08 bits per heavy atom. The molecule has 5 nitrogen and oxygen atoms in total. The number of hydrogen-bond acceptors (Lipinski definition) is 3. The van der Waals surface area contributed by atoms with Gasteiger partial charge in [0.2, 0.25) is 5.91 Å². The van der Waals surface area contributed by atoms with Gasteiger partial charge in [-0.1, -0.05) is 54.6 Å². The summed E-state index contributed by atoms with van der Waals surface area (Å²) in [5.74, 6) is -0.923. The van der Waals surface area contributed by atoms with Gasteiger partial charge in [-0.25, -0.2) is 0 Å². The summed E-state index contributed by atoms with van der Waals surface area (Å²) < 4.78 is 8.16. The third-order valence-electron chi connectivity index (χ3n) is 6.87. The topological polar surface area (TPSA) is 66.8 Å². The molecule has 1 saturated heterocycles. The average molecular weight is 402 g/mol. The largest absolute Gasteiger partial charge is 0.481 e. The molecule has 0 aliphatic carbocycles. The highest BCUT2D eigenvalue weighted by Gasteiger charge is 2.57. The zero-order valence-corrected chi connectivity index (χ0v) is 20.4. The second-order valence-electron chi connectivity index (χ2n) is 10.7. The van der Waals surface area contributed by atoms with Crippen molar-refractivity contribution in [2.75, 3.05) is 6.61 Å². The lowest BCUT2D eigenvalue weighted by Crippen LogP contribution is -2.73. The van der Waals surface area contributed by atoms with E-state index in [0.717, 1.165) is 0 Å². The van der Waals surface area contributed by atoms with Crippen LogP contribution in [0.4, 0.5) is 0 Å². The minimum atomic E-state index is -2.07. The predicted octanol–water partition coefficient (Wildman–Crippen LogP) is 4.71. The molecule has 1 N–H and O–H groups in total. The maximum Gasteiger partial charge on any atom is 0.305 e. The van der Waals surface area contributed by atoms with Gasteiger partial charge in [0.25, 0.3) is 0 Å². The number of β-lactam (4-membered cyclic amide) rings is 1. The number of rotatable bonds is 7. The van der Waals surface area contributed by atoms with E-state index in [-0.39, 0.29) is 34.4 Å². The summed E-state index contributed by atoms with van der Waals surface area (Å²) in [6.07, 6.45) is 0.650. The molecule has 0 aromatic heterocycles. The van der Waals surface area contributed by atoms with Crippen molar-refractivity contribution in [2.45, 2.75) is 96.7 Å². The van der Waals surface area contributed by atoms with E-state index in [0.29, 0.717) is 13.0 Å². The van der Waals surface area contributed by atoms with Crippen molar-refractivity contribution < 1.29 is 19.1 Å². The summed E-state index contributed by atoms with van der Waals surface area (Å²) in [5.41, 5.74) is 0. The standard InChI is InChI=1S/C19H39NO4Si2/c1-18(2,3)25(7,8)20-15(13-16(21)22)14(17(20)23)11-12-24-26(9,10)19(4,5)6/h14-15H,11-13H2,1-10H3,(H,21,22). The number of amides is 1. The summed E-state index contributed by atoms with van der Waals surface area (Å²) >= 11 is 0. The van der Waals surface area contributed by atoms with E-state index in [1.54, 1.807) is 0 Å². The monoisotopic (exact) mass is 401 g/mol. The smallest absolute Gasteiger partial charge is 0.305 e. The second kappa shape index (κ2) is 7.39. The lowest BCUT2D eigenvalue weighted by atomic mass is 9.85. The van der Waals surface area contributed by atoms with Gasteiger partial charge in [0, 0.05) is 12.6 Å². The van der Waals surface area contributed by atoms with Crippen LogP contribution >= 0.6 is 0 Å². The Balaban J connectivity index is 2.87. The average Bonchev–Trinajstić information content (AvgIpc) is 2.39. The first-order valence-electron chi connectivity index (χ1n) is 9.62. The third-order valence-corrected chi connectivity index (χ3v) is 16.8. The Labute approximate surface area is 161 Å². The van der Waals surface area contributed by atoms with E-state index in [1.165, 1.54) is 0 Å². The van der Waals surface area contributed by atoms with Crippen molar-refractivity contribution in [3.63, 3.8) is 0 Å². The molecule has 0 aromatic rings. The molecule has 0 aromatic carbocycles. The molecule has 2 atom stereocenters. The van der Waals surface area contributed by atoms with Gasteiger partial charge >= 0.3 is 5.97 Å². The van der Waals surface area contributed by atoms with Crippen LogP contribution in [0.25, 0.3) is 0 Å². The molecule has 26 heavy (non-hydrogen) atoms. The Kier molecular flexibility index (Phi) is 6.65. The van der Waals surface area contributed by atoms with Gasteiger partial charge in [-0.05, 0) is 29.6 Å². The fourth-order valence-corrected chi connectivity index (χ4v) is 6.64. The summed E-state index contributed by atoms with van der Waals surface area (Å²) in [5, 5.41) is 9.48. The Morgan fingerprint density at radius 3 is 1.96 bits per heavy atom. The highest BCUT2D eigenvalue weighted by atomic mass is 28.4. The van der Waals surface area contributed by atoms with Gasteiger partial charge in [0.05, 0.1) is 12.3 Å². The first-order chi connectivity index (χ1) is 11.4. The molecule has 1 amide bonds. The number of hydrogen-bond donors (Lipinski definition) is 1. The fourth-order valence-electron chi connectivity index (χ4n) is 3.04. The van der Waals surface area contributed by atoms with Crippen molar-refractivity contribution in [1.29, 1.82) is 0 Å². The van der Waals surface area contributed by atoms with E-state index in [2.05, 4.69) is 67.7 Å². The molecule has 152 valence electrons. The van der Waals surface area contributed by atoms with Crippen LogP contribution < -0.4 is 0 Å². The molecular weight excluding hydrogens is 362 g/mol. The van der Waals surface area contributed by atoms with Crippen LogP contribution in [0.3, 0.4) is 0 Å². The molecule has 1 aliphatic heterocycles. The van der Waals surface area contributed by atoms with Crippen LogP contribution in [0.5, 0.6) is 0 Å². The van der Waals surface area contributed by atoms with Gasteiger partial charge in [-0.3, -0.25) is 9.59 Å². The molecule has 0 bridgehead atoms. The van der Waals surface area contributed by atoms with Crippen LogP contribution in [0.15, 0.2) is 0 Å². The van der Waals surface area contributed by atoms with Crippen LogP contribution in [-0.2, 0) is 14.0 Å². The summed E-state index contributed by atoms with van der Waals surface area (Å²) in [6.45, 7) is 22.3. The maximum atomic E-state index is 12.9. The SMILES string of the molecule is CC(C)(C)[Si](C)(C)OCCC1C(=O)N([Si](C)(C)C(C)(C)C)C1CC(=O)O. The number of carbonyl (C=O) groups is 2. The molecule has 2 unspecified atom stereocenters. The minimum Gasteiger partial charge on any atom is -0.481 e. The lowest BCUT2D eigenvalue weighted by Gasteiger charge is -2.58. The normalized spacial score (nSPS) is 22.4. The molecule has 1 rings (SSSR count). The summed E-state index contributed by atoms with van der Waals surface area (Å²) in [7, 11) is -3.93. The van der Waals surface area contributed by atoms with E-state index in [1.807, 2.05) is 4.57 Å².